The van der Waals surface area contributed by atoms with E-state index in [0.717, 1.165) is 11.1 Å². The van der Waals surface area contributed by atoms with E-state index in [4.69, 9.17) is 4.74 Å². The van der Waals surface area contributed by atoms with Gasteiger partial charge in [0.15, 0.2) is 0 Å². The lowest BCUT2D eigenvalue weighted by atomic mass is 10.0. The third-order valence-electron chi connectivity index (χ3n) is 2.57. The summed E-state index contributed by atoms with van der Waals surface area (Å²) in [6.07, 6.45) is 0.604. The van der Waals surface area contributed by atoms with Crippen molar-refractivity contribution in [3.05, 3.63) is 35.1 Å². The number of ether oxygens (including phenoxy) is 1. The topological polar surface area (TPSA) is 29.5 Å². The highest BCUT2D eigenvalue weighted by molar-refractivity contribution is 5.27. The van der Waals surface area contributed by atoms with Crippen molar-refractivity contribution in [3.63, 3.8) is 0 Å². The summed E-state index contributed by atoms with van der Waals surface area (Å²) >= 11 is 0. The van der Waals surface area contributed by atoms with Gasteiger partial charge in [-0.05, 0) is 49.9 Å². The Morgan fingerprint density at radius 2 is 2.19 bits per heavy atom. The quantitative estimate of drug-likeness (QED) is 0.755. The lowest BCUT2D eigenvalue weighted by Crippen LogP contribution is -2.14. The molecule has 2 nitrogen and oxygen atoms in total. The molecule has 0 saturated carbocycles. The van der Waals surface area contributed by atoms with E-state index in [-0.39, 0.29) is 5.82 Å². The van der Waals surface area contributed by atoms with Crippen molar-refractivity contribution in [2.24, 2.45) is 0 Å². The van der Waals surface area contributed by atoms with Gasteiger partial charge in [-0.1, -0.05) is 6.07 Å². The summed E-state index contributed by atoms with van der Waals surface area (Å²) in [6.45, 7) is 5.05. The van der Waals surface area contributed by atoms with Crippen molar-refractivity contribution in [2.45, 2.75) is 32.8 Å². The van der Waals surface area contributed by atoms with Gasteiger partial charge in [-0.3, -0.25) is 0 Å². The number of aryl methyl sites for hydroxylation is 1. The molecule has 90 valence electrons. The van der Waals surface area contributed by atoms with E-state index >= 15 is 0 Å². The van der Waals surface area contributed by atoms with Crippen LogP contribution in [0.5, 0.6) is 0 Å². The fraction of sp³-hybridized carbons (Fsp3) is 0.538. The first-order valence-electron chi connectivity index (χ1n) is 5.64. The van der Waals surface area contributed by atoms with Crippen LogP contribution in [0.15, 0.2) is 18.2 Å². The maximum atomic E-state index is 13.0. The first-order valence-corrected chi connectivity index (χ1v) is 5.64. The van der Waals surface area contributed by atoms with Gasteiger partial charge in [-0.15, -0.1) is 0 Å². The zero-order chi connectivity index (χ0) is 12.0. The molecule has 0 saturated heterocycles. The molecule has 1 rings (SSSR count). The Balaban J connectivity index is 2.48. The van der Waals surface area contributed by atoms with E-state index in [2.05, 4.69) is 0 Å². The van der Waals surface area contributed by atoms with Crippen LogP contribution in [0, 0.1) is 12.7 Å². The minimum atomic E-state index is -0.466. The zero-order valence-electron chi connectivity index (χ0n) is 9.87. The van der Waals surface area contributed by atoms with Gasteiger partial charge in [0, 0.05) is 13.2 Å². The van der Waals surface area contributed by atoms with Gasteiger partial charge in [0.1, 0.15) is 5.82 Å². The van der Waals surface area contributed by atoms with E-state index in [0.29, 0.717) is 26.1 Å². The molecule has 0 aliphatic carbocycles. The number of aliphatic hydroxyl groups is 1. The fourth-order valence-electron chi connectivity index (χ4n) is 1.58. The first kappa shape index (κ1) is 13.1. The zero-order valence-corrected chi connectivity index (χ0v) is 9.87. The Kier molecular flexibility index (Phi) is 5.43. The van der Waals surface area contributed by atoms with Crippen LogP contribution in [0.4, 0.5) is 4.39 Å². The Bertz CT molecular complexity index is 326. The Hall–Kier alpha value is -0.930. The summed E-state index contributed by atoms with van der Waals surface area (Å²) in [7, 11) is 0. The molecule has 1 N–H and O–H groups in total. The van der Waals surface area contributed by atoms with Gasteiger partial charge in [-0.2, -0.15) is 0 Å². The molecule has 0 bridgehead atoms. The largest absolute Gasteiger partial charge is 0.393 e. The van der Waals surface area contributed by atoms with Gasteiger partial charge in [-0.25, -0.2) is 4.39 Å². The van der Waals surface area contributed by atoms with Gasteiger partial charge in [0.05, 0.1) is 6.10 Å². The third-order valence-corrected chi connectivity index (χ3v) is 2.57. The Labute approximate surface area is 96.1 Å². The molecule has 1 atom stereocenters. The normalized spacial score (nSPS) is 12.8. The molecule has 0 aromatic heterocycles. The van der Waals surface area contributed by atoms with Crippen molar-refractivity contribution in [2.75, 3.05) is 13.2 Å². The Morgan fingerprint density at radius 3 is 2.88 bits per heavy atom. The maximum Gasteiger partial charge on any atom is 0.123 e. The molecule has 0 amide bonds. The highest BCUT2D eigenvalue weighted by Crippen LogP contribution is 2.13. The van der Waals surface area contributed by atoms with E-state index in [1.54, 1.807) is 6.07 Å². The molecule has 0 radical (unpaired) electrons. The summed E-state index contributed by atoms with van der Waals surface area (Å²) in [5.41, 5.74) is 1.88. The van der Waals surface area contributed by atoms with Crippen molar-refractivity contribution < 1.29 is 14.2 Å². The second kappa shape index (κ2) is 6.61. The number of aliphatic hydroxyl groups excluding tert-OH is 1. The maximum absolute atomic E-state index is 13.0. The first-order chi connectivity index (χ1) is 7.63. The monoisotopic (exact) mass is 226 g/mol. The van der Waals surface area contributed by atoms with Crippen molar-refractivity contribution in [3.8, 4) is 0 Å². The predicted molar refractivity (Wildman–Crippen MR) is 62.0 cm³/mol. The van der Waals surface area contributed by atoms with Gasteiger partial charge < -0.3 is 9.84 Å². The van der Waals surface area contributed by atoms with Gasteiger partial charge >= 0.3 is 0 Å². The molecule has 0 aliphatic heterocycles. The predicted octanol–water partition coefficient (Wildman–Crippen LogP) is 2.46. The van der Waals surface area contributed by atoms with Crippen molar-refractivity contribution >= 4 is 0 Å². The molecule has 1 aromatic rings. The van der Waals surface area contributed by atoms with Crippen LogP contribution < -0.4 is 0 Å². The highest BCUT2D eigenvalue weighted by Gasteiger charge is 2.08. The smallest absolute Gasteiger partial charge is 0.123 e. The fourth-order valence-corrected chi connectivity index (χ4v) is 1.58. The summed E-state index contributed by atoms with van der Waals surface area (Å²) in [5, 5.41) is 9.74. The number of hydrogen-bond acceptors (Lipinski definition) is 2. The molecule has 16 heavy (non-hydrogen) atoms. The minimum Gasteiger partial charge on any atom is -0.393 e. The van der Waals surface area contributed by atoms with Crippen molar-refractivity contribution in [1.82, 2.24) is 0 Å². The molecular weight excluding hydrogens is 207 g/mol. The number of hydrogen-bond donors (Lipinski definition) is 1. The average Bonchev–Trinajstić information content (AvgIpc) is 2.24. The van der Waals surface area contributed by atoms with Crippen LogP contribution in [0.3, 0.4) is 0 Å². The van der Waals surface area contributed by atoms with Crippen LogP contribution >= 0.6 is 0 Å². The molecule has 0 heterocycles. The average molecular weight is 226 g/mol. The minimum absolute atomic E-state index is 0.252. The number of benzene rings is 1. The van der Waals surface area contributed by atoms with Crippen LogP contribution in [0.25, 0.3) is 0 Å². The molecule has 1 aromatic carbocycles. The van der Waals surface area contributed by atoms with Gasteiger partial charge in [0.2, 0.25) is 0 Å². The van der Waals surface area contributed by atoms with Gasteiger partial charge in [0.25, 0.3) is 0 Å². The summed E-state index contributed by atoms with van der Waals surface area (Å²) in [6, 6.07) is 4.66. The molecular formula is C13H19FO2. The number of halogens is 1. The van der Waals surface area contributed by atoms with E-state index in [1.807, 2.05) is 13.8 Å². The molecule has 0 fully saturated rings. The second-order valence-corrected chi connectivity index (χ2v) is 3.91. The lowest BCUT2D eigenvalue weighted by molar-refractivity contribution is 0.0886. The van der Waals surface area contributed by atoms with E-state index in [1.165, 1.54) is 12.1 Å². The SMILES string of the molecule is CCOCCC(O)Cc1cc(F)ccc1C. The van der Waals surface area contributed by atoms with Crippen molar-refractivity contribution in [1.29, 1.82) is 0 Å². The lowest BCUT2D eigenvalue weighted by Gasteiger charge is -2.12. The molecule has 1 unspecified atom stereocenters. The van der Waals surface area contributed by atoms with Crippen LogP contribution in [0.2, 0.25) is 0 Å². The van der Waals surface area contributed by atoms with E-state index in [9.17, 15) is 9.50 Å². The number of rotatable bonds is 6. The second-order valence-electron chi connectivity index (χ2n) is 3.91. The van der Waals surface area contributed by atoms with E-state index < -0.39 is 6.10 Å². The van der Waals surface area contributed by atoms with Crippen LogP contribution in [-0.4, -0.2) is 24.4 Å². The summed E-state index contributed by atoms with van der Waals surface area (Å²) < 4.78 is 18.2. The molecule has 0 spiro atoms. The van der Waals surface area contributed by atoms with Crippen LogP contribution in [0.1, 0.15) is 24.5 Å². The standard InChI is InChI=1S/C13H19FO2/c1-3-16-7-6-13(15)9-11-8-12(14)5-4-10(11)2/h4-5,8,13,15H,3,6-7,9H2,1-2H3. The molecule has 0 aliphatic rings. The highest BCUT2D eigenvalue weighted by atomic mass is 19.1. The summed E-state index contributed by atoms with van der Waals surface area (Å²) in [5.74, 6) is -0.252. The Morgan fingerprint density at radius 1 is 1.44 bits per heavy atom. The third kappa shape index (κ3) is 4.29. The summed E-state index contributed by atoms with van der Waals surface area (Å²) in [4.78, 5) is 0. The molecule has 3 heteroatoms. The van der Waals surface area contributed by atoms with Crippen LogP contribution in [-0.2, 0) is 11.2 Å².